The van der Waals surface area contributed by atoms with Crippen molar-refractivity contribution < 1.29 is 0 Å². The Morgan fingerprint density at radius 1 is 0.917 bits per heavy atom. The van der Waals surface area contributed by atoms with Gasteiger partial charge in [0.2, 0.25) is 0 Å². The van der Waals surface area contributed by atoms with Crippen LogP contribution in [-0.4, -0.2) is 11.5 Å². The maximum atomic E-state index is 5.97. The van der Waals surface area contributed by atoms with Crippen molar-refractivity contribution in [2.75, 3.05) is 12.3 Å². The first-order valence-electron chi connectivity index (χ1n) is 8.29. The van der Waals surface area contributed by atoms with E-state index in [9.17, 15) is 0 Å². The van der Waals surface area contributed by atoms with E-state index in [0.29, 0.717) is 0 Å². The molecule has 0 aliphatic rings. The number of aromatic nitrogens is 1. The van der Waals surface area contributed by atoms with Crippen molar-refractivity contribution in [1.82, 2.24) is 10.3 Å². The summed E-state index contributed by atoms with van der Waals surface area (Å²) in [5, 5.41) is 3.47. The maximum absolute atomic E-state index is 5.97. The highest BCUT2D eigenvalue weighted by Gasteiger charge is 2.04. The highest BCUT2D eigenvalue weighted by molar-refractivity contribution is 5.63. The highest BCUT2D eigenvalue weighted by atomic mass is 14.9. The predicted molar refractivity (Wildman–Crippen MR) is 101 cm³/mol. The molecule has 0 fully saturated rings. The number of para-hydroxylation sites is 1. The fraction of sp³-hybridized carbons (Fsp3) is 0.190. The summed E-state index contributed by atoms with van der Waals surface area (Å²) in [5.74, 6) is 0. The third-order valence-corrected chi connectivity index (χ3v) is 4.24. The van der Waals surface area contributed by atoms with E-state index in [1.807, 2.05) is 30.5 Å². The van der Waals surface area contributed by atoms with Gasteiger partial charge in [0.25, 0.3) is 0 Å². The lowest BCUT2D eigenvalue weighted by Crippen LogP contribution is -2.18. The second-order valence-corrected chi connectivity index (χ2v) is 5.96. The summed E-state index contributed by atoms with van der Waals surface area (Å²) in [6, 6.07) is 20.6. The number of nitrogens with zero attached hydrogens (tertiary/aromatic N) is 1. The van der Waals surface area contributed by atoms with Crippen molar-refractivity contribution in [3.63, 3.8) is 0 Å². The molecule has 1 aromatic heterocycles. The van der Waals surface area contributed by atoms with Crippen LogP contribution in [0.4, 0.5) is 5.69 Å². The number of pyridine rings is 1. The summed E-state index contributed by atoms with van der Waals surface area (Å²) in [6.07, 6.45) is 2.90. The molecular formula is C21H23N3. The van der Waals surface area contributed by atoms with Crippen molar-refractivity contribution in [3.05, 3.63) is 83.7 Å². The van der Waals surface area contributed by atoms with E-state index >= 15 is 0 Å². The molecule has 0 saturated heterocycles. The lowest BCUT2D eigenvalue weighted by molar-refractivity contribution is 0.685. The van der Waals surface area contributed by atoms with Gasteiger partial charge in [0, 0.05) is 29.7 Å². The number of rotatable bonds is 6. The zero-order valence-corrected chi connectivity index (χ0v) is 14.0. The molecular weight excluding hydrogens is 294 g/mol. The quantitative estimate of drug-likeness (QED) is 0.534. The van der Waals surface area contributed by atoms with Crippen molar-refractivity contribution >= 4 is 5.69 Å². The van der Waals surface area contributed by atoms with E-state index in [1.54, 1.807) is 0 Å². The Morgan fingerprint density at radius 2 is 1.67 bits per heavy atom. The average Bonchev–Trinajstić information content (AvgIpc) is 2.62. The SMILES string of the molecule is Cc1ncc(-c2ccccc2)cc1CCNCc1ccccc1N. The lowest BCUT2D eigenvalue weighted by atomic mass is 10.0. The number of benzene rings is 2. The first kappa shape index (κ1) is 16.2. The Morgan fingerprint density at radius 3 is 2.46 bits per heavy atom. The summed E-state index contributed by atoms with van der Waals surface area (Å²) in [5.41, 5.74) is 12.7. The standard InChI is InChI=1S/C21H23N3/c1-16-18(11-12-23-14-19-9-5-6-10-21(19)22)13-20(15-24-16)17-7-3-2-4-8-17/h2-10,13,15,23H,11-12,14,22H2,1H3. The molecule has 0 saturated carbocycles. The van der Waals surface area contributed by atoms with Gasteiger partial charge in [0.15, 0.2) is 0 Å². The third kappa shape index (κ3) is 4.00. The van der Waals surface area contributed by atoms with Gasteiger partial charge in [-0.15, -0.1) is 0 Å². The molecule has 24 heavy (non-hydrogen) atoms. The van der Waals surface area contributed by atoms with Crippen molar-refractivity contribution in [2.24, 2.45) is 0 Å². The molecule has 2 aromatic carbocycles. The van der Waals surface area contributed by atoms with Gasteiger partial charge >= 0.3 is 0 Å². The van der Waals surface area contributed by atoms with Gasteiger partial charge in [-0.05, 0) is 48.7 Å². The van der Waals surface area contributed by atoms with E-state index in [-0.39, 0.29) is 0 Å². The van der Waals surface area contributed by atoms with Crippen molar-refractivity contribution in [2.45, 2.75) is 19.9 Å². The molecule has 0 bridgehead atoms. The van der Waals surface area contributed by atoms with Crippen molar-refractivity contribution in [3.8, 4) is 11.1 Å². The third-order valence-electron chi connectivity index (χ3n) is 4.24. The molecule has 0 aliphatic carbocycles. The zero-order chi connectivity index (χ0) is 16.8. The summed E-state index contributed by atoms with van der Waals surface area (Å²) >= 11 is 0. The number of nitrogens with two attached hydrogens (primary N) is 1. The number of anilines is 1. The maximum Gasteiger partial charge on any atom is 0.0405 e. The first-order valence-corrected chi connectivity index (χ1v) is 8.29. The number of aryl methyl sites for hydroxylation is 1. The van der Waals surface area contributed by atoms with Crippen LogP contribution < -0.4 is 11.1 Å². The van der Waals surface area contributed by atoms with E-state index in [0.717, 1.165) is 36.5 Å². The number of hydrogen-bond acceptors (Lipinski definition) is 3. The van der Waals surface area contributed by atoms with Gasteiger partial charge < -0.3 is 11.1 Å². The Kier molecular flexibility index (Phi) is 5.24. The Bertz CT molecular complexity index is 797. The molecule has 3 aromatic rings. The Balaban J connectivity index is 1.62. The molecule has 0 aliphatic heterocycles. The van der Waals surface area contributed by atoms with E-state index in [2.05, 4.69) is 53.6 Å². The van der Waals surface area contributed by atoms with Gasteiger partial charge in [-0.2, -0.15) is 0 Å². The normalized spacial score (nSPS) is 10.7. The summed E-state index contributed by atoms with van der Waals surface area (Å²) in [4.78, 5) is 4.56. The van der Waals surface area contributed by atoms with E-state index in [4.69, 9.17) is 5.73 Å². The van der Waals surface area contributed by atoms with Gasteiger partial charge in [-0.3, -0.25) is 4.98 Å². The smallest absolute Gasteiger partial charge is 0.0405 e. The van der Waals surface area contributed by atoms with E-state index in [1.165, 1.54) is 16.7 Å². The summed E-state index contributed by atoms with van der Waals surface area (Å²) in [7, 11) is 0. The van der Waals surface area contributed by atoms with Crippen LogP contribution in [0.1, 0.15) is 16.8 Å². The summed E-state index contributed by atoms with van der Waals surface area (Å²) in [6.45, 7) is 3.76. The number of nitrogens with one attached hydrogen (secondary N) is 1. The fourth-order valence-electron chi connectivity index (χ4n) is 2.76. The molecule has 122 valence electrons. The van der Waals surface area contributed by atoms with Crippen LogP contribution >= 0.6 is 0 Å². The second kappa shape index (κ2) is 7.75. The van der Waals surface area contributed by atoms with Crippen molar-refractivity contribution in [1.29, 1.82) is 0 Å². The fourth-order valence-corrected chi connectivity index (χ4v) is 2.76. The van der Waals surface area contributed by atoms with Gasteiger partial charge in [0.1, 0.15) is 0 Å². The second-order valence-electron chi connectivity index (χ2n) is 5.96. The molecule has 3 heteroatoms. The van der Waals surface area contributed by atoms with E-state index < -0.39 is 0 Å². The summed E-state index contributed by atoms with van der Waals surface area (Å²) < 4.78 is 0. The minimum Gasteiger partial charge on any atom is -0.398 e. The monoisotopic (exact) mass is 317 g/mol. The number of hydrogen-bond donors (Lipinski definition) is 2. The molecule has 0 radical (unpaired) electrons. The topological polar surface area (TPSA) is 50.9 Å². The first-order chi connectivity index (χ1) is 11.7. The largest absolute Gasteiger partial charge is 0.398 e. The minimum atomic E-state index is 0.789. The average molecular weight is 317 g/mol. The molecule has 0 amide bonds. The lowest BCUT2D eigenvalue weighted by Gasteiger charge is -2.10. The molecule has 0 spiro atoms. The number of nitrogen functional groups attached to an aromatic ring is 1. The molecule has 0 atom stereocenters. The van der Waals surface area contributed by atoms with Gasteiger partial charge in [-0.25, -0.2) is 0 Å². The molecule has 3 nitrogen and oxygen atoms in total. The Labute approximate surface area is 143 Å². The van der Waals surface area contributed by atoms with Gasteiger partial charge in [-0.1, -0.05) is 48.5 Å². The highest BCUT2D eigenvalue weighted by Crippen LogP contribution is 2.20. The molecule has 1 heterocycles. The van der Waals surface area contributed by atoms with Crippen LogP contribution in [0.3, 0.4) is 0 Å². The van der Waals surface area contributed by atoms with Gasteiger partial charge in [0.05, 0.1) is 0 Å². The molecule has 0 unspecified atom stereocenters. The van der Waals surface area contributed by atoms with Crippen LogP contribution in [-0.2, 0) is 13.0 Å². The van der Waals surface area contributed by atoms with Crippen LogP contribution in [0.25, 0.3) is 11.1 Å². The van der Waals surface area contributed by atoms with Crippen LogP contribution in [0.5, 0.6) is 0 Å². The predicted octanol–water partition coefficient (Wildman–Crippen LogP) is 3.97. The molecule has 3 N–H and O–H groups in total. The van der Waals surface area contributed by atoms with Crippen LogP contribution in [0, 0.1) is 6.92 Å². The molecule has 3 rings (SSSR count). The van der Waals surface area contributed by atoms with Crippen LogP contribution in [0.2, 0.25) is 0 Å². The minimum absolute atomic E-state index is 0.789. The zero-order valence-electron chi connectivity index (χ0n) is 14.0. The van der Waals surface area contributed by atoms with Crippen LogP contribution in [0.15, 0.2) is 66.9 Å². The Hall–Kier alpha value is -2.65.